The van der Waals surface area contributed by atoms with Crippen LogP contribution in [0.5, 0.6) is 0 Å². The summed E-state index contributed by atoms with van der Waals surface area (Å²) >= 11 is 0. The Kier molecular flexibility index (Phi) is 7.12. The summed E-state index contributed by atoms with van der Waals surface area (Å²) in [6.07, 6.45) is 2.74. The molecule has 8 heteroatoms. The van der Waals surface area contributed by atoms with Crippen LogP contribution in [0.3, 0.4) is 0 Å². The first-order chi connectivity index (χ1) is 21.5. The second kappa shape index (κ2) is 11.4. The predicted octanol–water partition coefficient (Wildman–Crippen LogP) is 6.98. The normalized spacial score (nSPS) is 15.9. The highest BCUT2D eigenvalue weighted by atomic mass is 16.4. The number of carbonyl (C=O) groups is 1. The molecule has 0 spiro atoms. The third-order valence-electron chi connectivity index (χ3n) is 8.68. The number of carboxylic acids is 1. The Balaban J connectivity index is 1.20. The lowest BCUT2D eigenvalue weighted by Gasteiger charge is -2.25. The molecule has 8 nitrogen and oxygen atoms in total. The van der Waals surface area contributed by atoms with Gasteiger partial charge in [-0.05, 0) is 85.5 Å². The monoisotopic (exact) mass is 580 g/mol. The van der Waals surface area contributed by atoms with E-state index in [9.17, 15) is 9.90 Å². The van der Waals surface area contributed by atoms with E-state index >= 15 is 0 Å². The molecule has 0 aliphatic carbocycles. The molecule has 1 fully saturated rings. The van der Waals surface area contributed by atoms with E-state index in [1.54, 1.807) is 18.3 Å². The van der Waals surface area contributed by atoms with Gasteiger partial charge < -0.3 is 10.8 Å². The molecular formula is C36H32N6O2. The fourth-order valence-corrected chi connectivity index (χ4v) is 6.18. The Labute approximate surface area is 255 Å². The first-order valence-corrected chi connectivity index (χ1v) is 14.8. The Morgan fingerprint density at radius 3 is 2.41 bits per heavy atom. The van der Waals surface area contributed by atoms with Crippen molar-refractivity contribution in [3.8, 4) is 28.3 Å². The zero-order valence-electron chi connectivity index (χ0n) is 24.3. The van der Waals surface area contributed by atoms with Gasteiger partial charge in [-0.3, -0.25) is 9.47 Å². The molecule has 218 valence electrons. The summed E-state index contributed by atoms with van der Waals surface area (Å²) in [5.41, 5.74) is 14.2. The summed E-state index contributed by atoms with van der Waals surface area (Å²) in [6, 6.07) is 34.1. The largest absolute Gasteiger partial charge is 0.478 e. The fraction of sp³-hybridized carbons (Fsp3) is 0.167. The van der Waals surface area contributed by atoms with Crippen LogP contribution in [0.4, 0.5) is 5.82 Å². The summed E-state index contributed by atoms with van der Waals surface area (Å²) in [4.78, 5) is 28.1. The molecule has 2 unspecified atom stereocenters. The van der Waals surface area contributed by atoms with E-state index in [-0.39, 0.29) is 6.04 Å². The highest BCUT2D eigenvalue weighted by Gasteiger charge is 2.28. The van der Waals surface area contributed by atoms with Gasteiger partial charge in [-0.1, -0.05) is 54.6 Å². The van der Waals surface area contributed by atoms with E-state index in [1.807, 2.05) is 54.6 Å². The smallest absolute Gasteiger partial charge is 0.335 e. The van der Waals surface area contributed by atoms with Gasteiger partial charge in [-0.2, -0.15) is 0 Å². The average molecular weight is 581 g/mol. The van der Waals surface area contributed by atoms with Crippen molar-refractivity contribution >= 4 is 23.0 Å². The van der Waals surface area contributed by atoms with E-state index in [0.717, 1.165) is 58.7 Å². The number of aromatic nitrogens is 4. The number of carboxylic acid groups (broad SMARTS) is 1. The summed E-state index contributed by atoms with van der Waals surface area (Å²) in [6.45, 7) is 4.11. The lowest BCUT2D eigenvalue weighted by molar-refractivity contribution is 0.0697. The van der Waals surface area contributed by atoms with Crippen LogP contribution in [0.2, 0.25) is 0 Å². The predicted molar refractivity (Wildman–Crippen MR) is 173 cm³/mol. The summed E-state index contributed by atoms with van der Waals surface area (Å²) < 4.78 is 2.07. The maximum atomic E-state index is 11.3. The van der Waals surface area contributed by atoms with E-state index < -0.39 is 5.97 Å². The molecule has 44 heavy (non-hydrogen) atoms. The molecule has 6 aromatic rings. The average Bonchev–Trinajstić information content (AvgIpc) is 3.71. The van der Waals surface area contributed by atoms with Crippen LogP contribution in [0.15, 0.2) is 109 Å². The molecule has 0 bridgehead atoms. The van der Waals surface area contributed by atoms with Crippen LogP contribution < -0.4 is 5.73 Å². The van der Waals surface area contributed by atoms with Gasteiger partial charge in [0.1, 0.15) is 11.3 Å². The second-order valence-corrected chi connectivity index (χ2v) is 11.3. The van der Waals surface area contributed by atoms with Crippen molar-refractivity contribution in [1.82, 2.24) is 24.4 Å². The molecule has 0 saturated carbocycles. The number of hydrogen-bond acceptors (Lipinski definition) is 6. The number of fused-ring (bicyclic) bond motifs is 1. The van der Waals surface area contributed by atoms with E-state index in [0.29, 0.717) is 23.1 Å². The Bertz CT molecular complexity index is 1950. The van der Waals surface area contributed by atoms with Crippen molar-refractivity contribution in [2.24, 2.45) is 0 Å². The number of benzene rings is 3. The molecule has 3 aromatic carbocycles. The topological polar surface area (TPSA) is 110 Å². The zero-order valence-corrected chi connectivity index (χ0v) is 24.3. The van der Waals surface area contributed by atoms with Gasteiger partial charge in [0.15, 0.2) is 11.5 Å². The van der Waals surface area contributed by atoms with E-state index in [4.69, 9.17) is 15.7 Å². The molecule has 3 aromatic heterocycles. The SMILES string of the molecule is CC(c1ccc(C(=O)O)cc1)N1CCC(c2ccc(-n3c(-c4cccnc4N)nc4ccc(-c5ccccc5)nc43)cc2)C1. The number of nitrogen functional groups attached to an aromatic ring is 1. The number of rotatable bonds is 7. The van der Waals surface area contributed by atoms with Crippen molar-refractivity contribution in [2.45, 2.75) is 25.3 Å². The third kappa shape index (κ3) is 5.09. The summed E-state index contributed by atoms with van der Waals surface area (Å²) in [7, 11) is 0. The van der Waals surface area contributed by atoms with E-state index in [1.165, 1.54) is 5.56 Å². The number of nitrogens with zero attached hydrogens (tertiary/aromatic N) is 5. The zero-order chi connectivity index (χ0) is 30.2. The minimum atomic E-state index is -0.902. The second-order valence-electron chi connectivity index (χ2n) is 11.3. The first kappa shape index (κ1) is 27.5. The fourth-order valence-electron chi connectivity index (χ4n) is 6.18. The lowest BCUT2D eigenvalue weighted by Crippen LogP contribution is -2.24. The van der Waals surface area contributed by atoms with Crippen molar-refractivity contribution in [2.75, 3.05) is 18.8 Å². The Morgan fingerprint density at radius 2 is 1.68 bits per heavy atom. The third-order valence-corrected chi connectivity index (χ3v) is 8.68. The van der Waals surface area contributed by atoms with Gasteiger partial charge in [0, 0.05) is 30.0 Å². The maximum absolute atomic E-state index is 11.3. The van der Waals surface area contributed by atoms with Crippen LogP contribution in [0, 0.1) is 0 Å². The van der Waals surface area contributed by atoms with Crippen LogP contribution >= 0.6 is 0 Å². The molecule has 3 N–H and O–H groups in total. The van der Waals surface area contributed by atoms with Gasteiger partial charge in [0.25, 0.3) is 0 Å². The number of imidazole rings is 1. The van der Waals surface area contributed by atoms with Crippen molar-refractivity contribution in [1.29, 1.82) is 0 Å². The van der Waals surface area contributed by atoms with Crippen molar-refractivity contribution < 1.29 is 9.90 Å². The molecule has 1 saturated heterocycles. The number of likely N-dealkylation sites (tertiary alicyclic amines) is 1. The van der Waals surface area contributed by atoms with E-state index in [2.05, 4.69) is 57.8 Å². The Morgan fingerprint density at radius 1 is 0.909 bits per heavy atom. The molecule has 0 radical (unpaired) electrons. The van der Waals surface area contributed by atoms with Gasteiger partial charge >= 0.3 is 5.97 Å². The van der Waals surface area contributed by atoms with Crippen LogP contribution in [-0.4, -0.2) is 48.6 Å². The molecule has 7 rings (SSSR count). The molecule has 0 amide bonds. The summed E-state index contributed by atoms with van der Waals surface area (Å²) in [5.74, 6) is 0.620. The highest BCUT2D eigenvalue weighted by Crippen LogP contribution is 2.35. The van der Waals surface area contributed by atoms with Crippen LogP contribution in [-0.2, 0) is 0 Å². The van der Waals surface area contributed by atoms with Crippen LogP contribution in [0.1, 0.15) is 46.8 Å². The Hall–Kier alpha value is -5.34. The quantitative estimate of drug-likeness (QED) is 0.210. The minimum absolute atomic E-state index is 0.205. The van der Waals surface area contributed by atoms with Gasteiger partial charge in [0.2, 0.25) is 0 Å². The summed E-state index contributed by atoms with van der Waals surface area (Å²) in [5, 5.41) is 9.24. The number of nitrogens with two attached hydrogens (primary N) is 1. The highest BCUT2D eigenvalue weighted by molar-refractivity contribution is 5.87. The van der Waals surface area contributed by atoms with Crippen LogP contribution in [0.25, 0.3) is 39.5 Å². The molecule has 1 aliphatic heterocycles. The first-order valence-electron chi connectivity index (χ1n) is 14.8. The minimum Gasteiger partial charge on any atom is -0.478 e. The van der Waals surface area contributed by atoms with Gasteiger partial charge in [-0.25, -0.2) is 19.7 Å². The lowest BCUT2D eigenvalue weighted by atomic mass is 9.98. The molecule has 2 atom stereocenters. The number of anilines is 1. The van der Waals surface area contributed by atoms with Crippen molar-refractivity contribution in [3.63, 3.8) is 0 Å². The standard InChI is InChI=1S/C36H32N6O2/c1-23(24-9-11-27(12-10-24)36(43)44)41-21-19-28(22-41)25-13-15-29(16-14-25)42-34(30-8-5-20-38-33(30)37)40-32-18-17-31(39-35(32)42)26-6-3-2-4-7-26/h2-18,20,23,28H,19,21-22H2,1H3,(H2,37,38)(H,43,44). The molecule has 1 aliphatic rings. The molecule has 4 heterocycles. The number of aromatic carboxylic acids is 1. The molecular weight excluding hydrogens is 548 g/mol. The van der Waals surface area contributed by atoms with Gasteiger partial charge in [-0.15, -0.1) is 0 Å². The van der Waals surface area contributed by atoms with Gasteiger partial charge in [0.05, 0.1) is 16.8 Å². The number of hydrogen-bond donors (Lipinski definition) is 2. The maximum Gasteiger partial charge on any atom is 0.335 e. The number of pyridine rings is 2. The van der Waals surface area contributed by atoms with Crippen molar-refractivity contribution in [3.05, 3.63) is 126 Å².